The van der Waals surface area contributed by atoms with Crippen LogP contribution in [0.2, 0.25) is 0 Å². The summed E-state index contributed by atoms with van der Waals surface area (Å²) in [5.41, 5.74) is 0. The topological polar surface area (TPSA) is 214 Å². The van der Waals surface area contributed by atoms with Gasteiger partial charge in [-0.15, -0.1) is 0 Å². The fraction of sp³-hybridized carbons (Fsp3) is 0.984. The van der Waals surface area contributed by atoms with Gasteiger partial charge in [0.05, 0.1) is 26.4 Å². The van der Waals surface area contributed by atoms with Gasteiger partial charge in [-0.05, 0) is 12.8 Å². The van der Waals surface area contributed by atoms with Crippen LogP contribution >= 0.6 is 0 Å². The van der Waals surface area contributed by atoms with E-state index in [4.69, 9.17) is 28.4 Å². The molecule has 2 rings (SSSR count). The van der Waals surface area contributed by atoms with E-state index >= 15 is 0 Å². The molecular formula is C62H120O14. The average molecular weight is 1090 g/mol. The Morgan fingerprint density at radius 1 is 0.382 bits per heavy atom. The Morgan fingerprint density at radius 3 is 1.07 bits per heavy atom. The quantitative estimate of drug-likeness (QED) is 0.0223. The molecule has 452 valence electrons. The summed E-state index contributed by atoms with van der Waals surface area (Å²) in [5, 5.41) is 72.5. The molecule has 2 aliphatic rings. The zero-order valence-corrected chi connectivity index (χ0v) is 48.8. The van der Waals surface area contributed by atoms with Crippen molar-refractivity contribution in [2.24, 2.45) is 0 Å². The first kappa shape index (κ1) is 71.1. The van der Waals surface area contributed by atoms with Gasteiger partial charge in [0, 0.05) is 13.0 Å². The zero-order chi connectivity index (χ0) is 55.1. The van der Waals surface area contributed by atoms with Crippen molar-refractivity contribution in [3.8, 4) is 0 Å². The highest BCUT2D eigenvalue weighted by molar-refractivity contribution is 5.69. The summed E-state index contributed by atoms with van der Waals surface area (Å²) in [5.74, 6) is -0.365. The van der Waals surface area contributed by atoms with E-state index in [1.807, 2.05) is 0 Å². The average Bonchev–Trinajstić information content (AvgIpc) is 3.42. The molecule has 0 amide bonds. The highest BCUT2D eigenvalue weighted by atomic mass is 16.7. The van der Waals surface area contributed by atoms with E-state index < -0.39 is 80.7 Å². The molecule has 11 unspecified atom stereocenters. The van der Waals surface area contributed by atoms with Crippen molar-refractivity contribution in [2.45, 2.75) is 357 Å². The van der Waals surface area contributed by atoms with Crippen LogP contribution in [0.3, 0.4) is 0 Å². The van der Waals surface area contributed by atoms with Crippen molar-refractivity contribution in [2.75, 3.05) is 33.0 Å². The first-order chi connectivity index (χ1) is 37.1. The van der Waals surface area contributed by atoms with E-state index in [1.165, 1.54) is 225 Å². The van der Waals surface area contributed by atoms with Crippen molar-refractivity contribution < 1.29 is 69.0 Å². The summed E-state index contributed by atoms with van der Waals surface area (Å²) in [4.78, 5) is 13.1. The van der Waals surface area contributed by atoms with Crippen LogP contribution < -0.4 is 0 Å². The Morgan fingerprint density at radius 2 is 0.697 bits per heavy atom. The van der Waals surface area contributed by atoms with E-state index in [9.17, 15) is 40.5 Å². The second-order valence-corrected chi connectivity index (χ2v) is 23.0. The van der Waals surface area contributed by atoms with Gasteiger partial charge in [0.15, 0.2) is 12.6 Å². The van der Waals surface area contributed by atoms with Gasteiger partial charge in [0.25, 0.3) is 0 Å². The Labute approximate surface area is 463 Å². The second kappa shape index (κ2) is 49.8. The van der Waals surface area contributed by atoms with Crippen LogP contribution in [0.25, 0.3) is 0 Å². The highest BCUT2D eigenvalue weighted by Gasteiger charge is 2.47. The summed E-state index contributed by atoms with van der Waals surface area (Å²) in [6.45, 7) is 3.78. The monoisotopic (exact) mass is 1090 g/mol. The maximum absolute atomic E-state index is 13.1. The predicted molar refractivity (Wildman–Crippen MR) is 303 cm³/mol. The van der Waals surface area contributed by atoms with Gasteiger partial charge in [-0.2, -0.15) is 0 Å². The van der Waals surface area contributed by atoms with Crippen molar-refractivity contribution in [1.82, 2.24) is 0 Å². The molecular weight excluding hydrogens is 969 g/mol. The van der Waals surface area contributed by atoms with Crippen molar-refractivity contribution in [3.05, 3.63) is 0 Å². The number of hydrogen-bond acceptors (Lipinski definition) is 14. The summed E-state index contributed by atoms with van der Waals surface area (Å²) >= 11 is 0. The lowest BCUT2D eigenvalue weighted by Crippen LogP contribution is -2.61. The minimum Gasteiger partial charge on any atom is -0.457 e. The van der Waals surface area contributed by atoms with Gasteiger partial charge in [-0.3, -0.25) is 4.79 Å². The minimum atomic E-state index is -1.70. The molecule has 0 aliphatic carbocycles. The van der Waals surface area contributed by atoms with Gasteiger partial charge in [0.1, 0.15) is 54.9 Å². The molecule has 11 atom stereocenters. The lowest BCUT2D eigenvalue weighted by atomic mass is 9.98. The third-order valence-corrected chi connectivity index (χ3v) is 15.9. The predicted octanol–water partition coefficient (Wildman–Crippen LogP) is 12.4. The number of hydrogen-bond donors (Lipinski definition) is 7. The Hall–Kier alpha value is -1.01. The number of rotatable bonds is 54. The molecule has 2 fully saturated rings. The molecule has 0 aromatic carbocycles. The molecule has 76 heavy (non-hydrogen) atoms. The first-order valence-electron chi connectivity index (χ1n) is 32.1. The van der Waals surface area contributed by atoms with Crippen LogP contribution in [-0.2, 0) is 33.2 Å². The third kappa shape index (κ3) is 35.7. The summed E-state index contributed by atoms with van der Waals surface area (Å²) in [6.07, 6.45) is 38.8. The second-order valence-electron chi connectivity index (χ2n) is 23.0. The normalized spacial score (nSPS) is 24.3. The maximum atomic E-state index is 13.1. The summed E-state index contributed by atoms with van der Waals surface area (Å²) in [7, 11) is 0. The van der Waals surface area contributed by atoms with Crippen LogP contribution in [-0.4, -0.2) is 142 Å². The van der Waals surface area contributed by atoms with Crippen LogP contribution in [0.1, 0.15) is 290 Å². The van der Waals surface area contributed by atoms with Gasteiger partial charge in [-0.25, -0.2) is 0 Å². The standard InChI is InChI=1S/C62H120O14/c1-3-5-7-9-11-13-15-17-19-21-23-25-26-27-29-31-33-35-37-39-41-43-45-54(64)74-51(48-71-46-44-42-40-38-36-34-32-30-28-24-22-20-18-16-14-12-10-8-6-4-2)49-72-61-60(70)58(68)56(66)53(76-61)50-73-62-59(69)57(67)55(65)52(47-63)75-62/h51-53,55-63,65-70H,3-50H2,1-2H3. The van der Waals surface area contributed by atoms with Crippen LogP contribution in [0.4, 0.5) is 0 Å². The molecule has 14 heteroatoms. The van der Waals surface area contributed by atoms with Gasteiger partial charge in [-0.1, -0.05) is 271 Å². The molecule has 2 aliphatic heterocycles. The lowest BCUT2D eigenvalue weighted by molar-refractivity contribution is -0.332. The summed E-state index contributed by atoms with van der Waals surface area (Å²) in [6, 6.07) is 0. The molecule has 7 N–H and O–H groups in total. The van der Waals surface area contributed by atoms with E-state index in [0.717, 1.165) is 44.9 Å². The molecule has 2 heterocycles. The van der Waals surface area contributed by atoms with Crippen molar-refractivity contribution in [1.29, 1.82) is 0 Å². The van der Waals surface area contributed by atoms with Crippen LogP contribution in [0.15, 0.2) is 0 Å². The number of esters is 1. The molecule has 0 saturated carbocycles. The summed E-state index contributed by atoms with van der Waals surface area (Å²) < 4.78 is 34.5. The van der Waals surface area contributed by atoms with E-state index in [-0.39, 0.29) is 25.6 Å². The fourth-order valence-corrected chi connectivity index (χ4v) is 10.7. The van der Waals surface area contributed by atoms with Gasteiger partial charge >= 0.3 is 5.97 Å². The van der Waals surface area contributed by atoms with Crippen molar-refractivity contribution in [3.63, 3.8) is 0 Å². The first-order valence-corrected chi connectivity index (χ1v) is 32.1. The molecule has 2 saturated heterocycles. The maximum Gasteiger partial charge on any atom is 0.306 e. The Balaban J connectivity index is 1.66. The Bertz CT molecular complexity index is 1260. The molecule has 0 radical (unpaired) electrons. The van der Waals surface area contributed by atoms with E-state index in [1.54, 1.807) is 0 Å². The SMILES string of the molecule is CCCCCCCCCCCCCCCCCCCCCCCCC(=O)OC(COCCCCCCCCCCCCCCCCCCCCCC)COC1OC(COC2OC(CO)C(O)C(O)C2O)C(O)C(O)C1O. The Kier molecular flexibility index (Phi) is 46.6. The van der Waals surface area contributed by atoms with Crippen molar-refractivity contribution >= 4 is 5.97 Å². The lowest BCUT2D eigenvalue weighted by Gasteiger charge is -2.42. The van der Waals surface area contributed by atoms with Crippen LogP contribution in [0, 0.1) is 0 Å². The fourth-order valence-electron chi connectivity index (χ4n) is 10.7. The molecule has 0 aromatic rings. The van der Waals surface area contributed by atoms with Gasteiger partial charge < -0.3 is 64.2 Å². The number of carbonyl (C=O) groups excluding carboxylic acids is 1. The smallest absolute Gasteiger partial charge is 0.306 e. The third-order valence-electron chi connectivity index (χ3n) is 15.9. The largest absolute Gasteiger partial charge is 0.457 e. The van der Waals surface area contributed by atoms with E-state index in [0.29, 0.717) is 6.61 Å². The van der Waals surface area contributed by atoms with Crippen LogP contribution in [0.5, 0.6) is 0 Å². The highest BCUT2D eigenvalue weighted by Crippen LogP contribution is 2.27. The molecule has 14 nitrogen and oxygen atoms in total. The number of unbranched alkanes of at least 4 members (excludes halogenated alkanes) is 40. The minimum absolute atomic E-state index is 0.0713. The van der Waals surface area contributed by atoms with Gasteiger partial charge in [0.2, 0.25) is 0 Å². The number of aliphatic hydroxyl groups is 7. The van der Waals surface area contributed by atoms with E-state index in [2.05, 4.69) is 13.8 Å². The zero-order valence-electron chi connectivity index (χ0n) is 48.8. The number of carbonyl (C=O) groups is 1. The molecule has 0 spiro atoms. The molecule has 0 bridgehead atoms. The number of aliphatic hydroxyl groups excluding tert-OH is 7. The number of ether oxygens (including phenoxy) is 6. The molecule has 0 aromatic heterocycles.